The second kappa shape index (κ2) is 6.57. The van der Waals surface area contributed by atoms with Crippen molar-refractivity contribution in [2.75, 3.05) is 18.8 Å². The van der Waals surface area contributed by atoms with Crippen molar-refractivity contribution >= 4 is 9.84 Å². The van der Waals surface area contributed by atoms with E-state index in [-0.39, 0.29) is 17.4 Å². The van der Waals surface area contributed by atoms with Crippen LogP contribution in [-0.4, -0.2) is 43.2 Å². The van der Waals surface area contributed by atoms with Gasteiger partial charge in [-0.25, -0.2) is 8.42 Å². The molecule has 0 heterocycles. The number of hydrogen-bond acceptors (Lipinski definition) is 4. The Balaban J connectivity index is 4.08. The molecule has 2 N–H and O–H groups in total. The SMILES string of the molecule is CCCNCC(C)(O)CCS(=O)(=O)C(C)C. The summed E-state index contributed by atoms with van der Waals surface area (Å²) in [5, 5.41) is 12.7. The Morgan fingerprint density at radius 3 is 2.38 bits per heavy atom. The predicted octanol–water partition coefficient (Wildman–Crippen LogP) is 0.950. The van der Waals surface area contributed by atoms with Gasteiger partial charge in [-0.3, -0.25) is 0 Å². The van der Waals surface area contributed by atoms with Crippen molar-refractivity contribution in [1.82, 2.24) is 5.32 Å². The molecule has 0 bridgehead atoms. The molecular formula is C11H25NO3S. The zero-order valence-electron chi connectivity index (χ0n) is 10.8. The fourth-order valence-electron chi connectivity index (χ4n) is 1.22. The highest BCUT2D eigenvalue weighted by molar-refractivity contribution is 7.91. The molecule has 5 heteroatoms. The topological polar surface area (TPSA) is 66.4 Å². The number of sulfone groups is 1. The molecule has 0 radical (unpaired) electrons. The van der Waals surface area contributed by atoms with Crippen LogP contribution < -0.4 is 5.32 Å². The molecule has 0 rings (SSSR count). The minimum Gasteiger partial charge on any atom is -0.389 e. The molecule has 0 aliphatic rings. The smallest absolute Gasteiger partial charge is 0.152 e. The van der Waals surface area contributed by atoms with Crippen molar-refractivity contribution in [2.45, 2.75) is 51.4 Å². The van der Waals surface area contributed by atoms with E-state index < -0.39 is 15.4 Å². The van der Waals surface area contributed by atoms with E-state index in [1.165, 1.54) is 0 Å². The third-order valence-corrected chi connectivity index (χ3v) is 4.79. The lowest BCUT2D eigenvalue weighted by Gasteiger charge is -2.24. The van der Waals surface area contributed by atoms with Crippen LogP contribution in [0.4, 0.5) is 0 Å². The first-order valence-corrected chi connectivity index (χ1v) is 7.57. The summed E-state index contributed by atoms with van der Waals surface area (Å²) < 4.78 is 23.2. The van der Waals surface area contributed by atoms with Crippen molar-refractivity contribution < 1.29 is 13.5 Å². The van der Waals surface area contributed by atoms with Gasteiger partial charge in [0.05, 0.1) is 16.6 Å². The van der Waals surface area contributed by atoms with Crippen molar-refractivity contribution in [2.24, 2.45) is 0 Å². The van der Waals surface area contributed by atoms with Crippen LogP contribution in [0.5, 0.6) is 0 Å². The van der Waals surface area contributed by atoms with Crippen LogP contribution in [-0.2, 0) is 9.84 Å². The van der Waals surface area contributed by atoms with Gasteiger partial charge in [-0.2, -0.15) is 0 Å². The summed E-state index contributed by atoms with van der Waals surface area (Å²) >= 11 is 0. The third kappa shape index (κ3) is 6.45. The van der Waals surface area contributed by atoms with E-state index in [0.29, 0.717) is 6.54 Å². The zero-order valence-corrected chi connectivity index (χ0v) is 11.6. The van der Waals surface area contributed by atoms with Crippen molar-refractivity contribution in [3.8, 4) is 0 Å². The van der Waals surface area contributed by atoms with E-state index in [1.54, 1.807) is 20.8 Å². The highest BCUT2D eigenvalue weighted by Crippen LogP contribution is 2.12. The monoisotopic (exact) mass is 251 g/mol. The van der Waals surface area contributed by atoms with Gasteiger partial charge in [-0.05, 0) is 40.2 Å². The summed E-state index contributed by atoms with van der Waals surface area (Å²) in [5.41, 5.74) is -0.947. The van der Waals surface area contributed by atoms with Crippen molar-refractivity contribution in [3.63, 3.8) is 0 Å². The van der Waals surface area contributed by atoms with Crippen LogP contribution in [0.1, 0.15) is 40.5 Å². The summed E-state index contributed by atoms with van der Waals surface area (Å²) in [7, 11) is -3.05. The van der Waals surface area contributed by atoms with Crippen molar-refractivity contribution in [1.29, 1.82) is 0 Å². The molecular weight excluding hydrogens is 226 g/mol. The summed E-state index contributed by atoms with van der Waals surface area (Å²) in [4.78, 5) is 0. The zero-order chi connectivity index (χ0) is 12.8. The molecule has 0 spiro atoms. The van der Waals surface area contributed by atoms with Gasteiger partial charge in [0, 0.05) is 6.54 Å². The molecule has 0 aromatic carbocycles. The van der Waals surface area contributed by atoms with Gasteiger partial charge < -0.3 is 10.4 Å². The molecule has 0 aliphatic carbocycles. The lowest BCUT2D eigenvalue weighted by molar-refractivity contribution is 0.0568. The number of rotatable bonds is 8. The number of nitrogens with one attached hydrogen (secondary N) is 1. The Labute approximate surface area is 99.4 Å². The Hall–Kier alpha value is -0.130. The standard InChI is InChI=1S/C11H25NO3S/c1-5-7-12-9-11(4,13)6-8-16(14,15)10(2)3/h10,12-13H,5-9H2,1-4H3. The summed E-state index contributed by atoms with van der Waals surface area (Å²) in [6.45, 7) is 8.33. The normalized spacial score (nSPS) is 16.4. The molecule has 1 unspecified atom stereocenters. The van der Waals surface area contributed by atoms with Crippen LogP contribution in [0.15, 0.2) is 0 Å². The molecule has 98 valence electrons. The van der Waals surface area contributed by atoms with E-state index in [4.69, 9.17) is 0 Å². The molecule has 0 aromatic heterocycles. The van der Waals surface area contributed by atoms with Crippen LogP contribution in [0, 0.1) is 0 Å². The van der Waals surface area contributed by atoms with Gasteiger partial charge >= 0.3 is 0 Å². The minimum atomic E-state index is -3.05. The van der Waals surface area contributed by atoms with E-state index >= 15 is 0 Å². The fourth-order valence-corrected chi connectivity index (χ4v) is 2.42. The lowest BCUT2D eigenvalue weighted by atomic mass is 10.0. The number of aliphatic hydroxyl groups is 1. The fraction of sp³-hybridized carbons (Fsp3) is 1.00. The summed E-state index contributed by atoms with van der Waals surface area (Å²) in [6, 6.07) is 0. The van der Waals surface area contributed by atoms with E-state index in [1.807, 2.05) is 6.92 Å². The van der Waals surface area contributed by atoms with Gasteiger partial charge in [0.1, 0.15) is 0 Å². The molecule has 16 heavy (non-hydrogen) atoms. The largest absolute Gasteiger partial charge is 0.389 e. The first-order valence-electron chi connectivity index (χ1n) is 5.86. The molecule has 0 fully saturated rings. The average Bonchev–Trinajstić information content (AvgIpc) is 2.15. The van der Waals surface area contributed by atoms with Gasteiger partial charge in [-0.1, -0.05) is 6.92 Å². The predicted molar refractivity (Wildman–Crippen MR) is 67.3 cm³/mol. The van der Waals surface area contributed by atoms with Gasteiger partial charge in [0.2, 0.25) is 0 Å². The first-order chi connectivity index (χ1) is 7.21. The lowest BCUT2D eigenvalue weighted by Crippen LogP contribution is -2.40. The second-order valence-electron chi connectivity index (χ2n) is 4.84. The van der Waals surface area contributed by atoms with Gasteiger partial charge in [0.15, 0.2) is 9.84 Å². The van der Waals surface area contributed by atoms with E-state index in [2.05, 4.69) is 5.32 Å². The maximum Gasteiger partial charge on any atom is 0.152 e. The van der Waals surface area contributed by atoms with E-state index in [9.17, 15) is 13.5 Å². The van der Waals surface area contributed by atoms with Crippen LogP contribution >= 0.6 is 0 Å². The van der Waals surface area contributed by atoms with Crippen LogP contribution in [0.2, 0.25) is 0 Å². The Morgan fingerprint density at radius 1 is 1.38 bits per heavy atom. The Bertz CT molecular complexity index is 284. The summed E-state index contributed by atoms with van der Waals surface area (Å²) in [6.07, 6.45) is 1.28. The van der Waals surface area contributed by atoms with Crippen LogP contribution in [0.25, 0.3) is 0 Å². The Kier molecular flexibility index (Phi) is 6.51. The highest BCUT2D eigenvalue weighted by atomic mass is 32.2. The van der Waals surface area contributed by atoms with E-state index in [0.717, 1.165) is 13.0 Å². The van der Waals surface area contributed by atoms with Crippen LogP contribution in [0.3, 0.4) is 0 Å². The van der Waals surface area contributed by atoms with Crippen molar-refractivity contribution in [3.05, 3.63) is 0 Å². The Morgan fingerprint density at radius 2 is 1.94 bits per heavy atom. The van der Waals surface area contributed by atoms with Gasteiger partial charge in [-0.15, -0.1) is 0 Å². The first kappa shape index (κ1) is 15.9. The minimum absolute atomic E-state index is 0.0471. The molecule has 0 aromatic rings. The molecule has 4 nitrogen and oxygen atoms in total. The summed E-state index contributed by atoms with van der Waals surface area (Å²) in [5.74, 6) is 0.0471. The number of hydrogen-bond donors (Lipinski definition) is 2. The quantitative estimate of drug-likeness (QED) is 0.630. The maximum atomic E-state index is 11.6. The molecule has 0 aliphatic heterocycles. The average molecular weight is 251 g/mol. The second-order valence-corrected chi connectivity index (χ2v) is 7.52. The third-order valence-electron chi connectivity index (χ3n) is 2.58. The maximum absolute atomic E-state index is 11.6. The molecule has 1 atom stereocenters. The molecule has 0 saturated heterocycles. The van der Waals surface area contributed by atoms with Gasteiger partial charge in [0.25, 0.3) is 0 Å². The molecule has 0 saturated carbocycles. The molecule has 0 amide bonds. The highest BCUT2D eigenvalue weighted by Gasteiger charge is 2.24.